The molecule has 1 saturated heterocycles. The first-order valence-electron chi connectivity index (χ1n) is 4.31. The highest BCUT2D eigenvalue weighted by molar-refractivity contribution is 5.76. The van der Waals surface area contributed by atoms with Gasteiger partial charge in [-0.05, 0) is 38.8 Å². The van der Waals surface area contributed by atoms with Crippen molar-refractivity contribution in [3.05, 3.63) is 0 Å². The first-order valence-corrected chi connectivity index (χ1v) is 4.31. The molecule has 0 aromatic carbocycles. The summed E-state index contributed by atoms with van der Waals surface area (Å²) in [7, 11) is 0. The van der Waals surface area contributed by atoms with Crippen molar-refractivity contribution in [2.24, 2.45) is 11.7 Å². The van der Waals surface area contributed by atoms with Crippen LogP contribution in [0.2, 0.25) is 0 Å². The molecule has 0 aromatic heterocycles. The molecule has 1 aliphatic heterocycles. The molecule has 3 N–H and O–H groups in total. The minimum Gasteiger partial charge on any atom is -0.369 e. The number of hydrogen-bond donors (Lipinski definition) is 2. The summed E-state index contributed by atoms with van der Waals surface area (Å²) in [5.41, 5.74) is 5.23. The zero-order valence-electron chi connectivity index (χ0n) is 6.81. The quantitative estimate of drug-likeness (QED) is 0.572. The largest absolute Gasteiger partial charge is 0.369 e. The molecule has 0 aliphatic carbocycles. The second-order valence-corrected chi connectivity index (χ2v) is 3.13. The van der Waals surface area contributed by atoms with Crippen LogP contribution in [-0.4, -0.2) is 19.0 Å². The number of amides is 1. The summed E-state index contributed by atoms with van der Waals surface area (Å²) in [6, 6.07) is 0. The van der Waals surface area contributed by atoms with E-state index in [1.165, 1.54) is 0 Å². The minimum absolute atomic E-state index is 0.119. The van der Waals surface area contributed by atoms with Crippen molar-refractivity contribution >= 4 is 5.91 Å². The predicted molar refractivity (Wildman–Crippen MR) is 44.0 cm³/mol. The molecule has 1 rings (SSSR count). The second kappa shape index (κ2) is 4.34. The molecular weight excluding hydrogens is 140 g/mol. The molecule has 1 heterocycles. The van der Waals surface area contributed by atoms with Crippen molar-refractivity contribution in [1.29, 1.82) is 0 Å². The average molecular weight is 156 g/mol. The molecule has 1 amide bonds. The maximum atomic E-state index is 10.8. The lowest BCUT2D eigenvalue weighted by Gasteiger charge is -2.16. The van der Waals surface area contributed by atoms with E-state index >= 15 is 0 Å². The number of rotatable bonds is 1. The SMILES string of the molecule is NC(=O)C1CCCNCCC1. The van der Waals surface area contributed by atoms with Gasteiger partial charge in [0.1, 0.15) is 0 Å². The third kappa shape index (κ3) is 2.89. The molecular formula is C8H16N2O. The molecule has 3 nitrogen and oxygen atoms in total. The molecule has 0 aromatic rings. The van der Waals surface area contributed by atoms with Crippen molar-refractivity contribution < 1.29 is 4.79 Å². The van der Waals surface area contributed by atoms with E-state index in [-0.39, 0.29) is 11.8 Å². The Morgan fingerprint density at radius 2 is 1.82 bits per heavy atom. The minimum atomic E-state index is -0.119. The van der Waals surface area contributed by atoms with Crippen LogP contribution < -0.4 is 11.1 Å². The van der Waals surface area contributed by atoms with Crippen molar-refractivity contribution in [2.45, 2.75) is 25.7 Å². The fraction of sp³-hybridized carbons (Fsp3) is 0.875. The van der Waals surface area contributed by atoms with Crippen LogP contribution in [-0.2, 0) is 4.79 Å². The Morgan fingerprint density at radius 3 is 2.27 bits per heavy atom. The standard InChI is InChI=1S/C8H16N2O/c9-8(11)7-3-1-5-10-6-2-4-7/h7,10H,1-6H2,(H2,9,11). The highest BCUT2D eigenvalue weighted by atomic mass is 16.1. The summed E-state index contributed by atoms with van der Waals surface area (Å²) in [5.74, 6) is 0.0176. The Balaban J connectivity index is 2.32. The fourth-order valence-corrected chi connectivity index (χ4v) is 1.50. The first kappa shape index (κ1) is 8.53. The van der Waals surface area contributed by atoms with Gasteiger partial charge in [0, 0.05) is 5.92 Å². The first-order chi connectivity index (χ1) is 5.30. The smallest absolute Gasteiger partial charge is 0.220 e. The maximum Gasteiger partial charge on any atom is 0.220 e. The van der Waals surface area contributed by atoms with Crippen LogP contribution in [0.5, 0.6) is 0 Å². The summed E-state index contributed by atoms with van der Waals surface area (Å²) in [5, 5.41) is 3.29. The van der Waals surface area contributed by atoms with Gasteiger partial charge in [-0.25, -0.2) is 0 Å². The lowest BCUT2D eigenvalue weighted by atomic mass is 9.95. The lowest BCUT2D eigenvalue weighted by molar-refractivity contribution is -0.122. The van der Waals surface area contributed by atoms with E-state index in [1.807, 2.05) is 0 Å². The number of nitrogens with two attached hydrogens (primary N) is 1. The molecule has 0 saturated carbocycles. The van der Waals surface area contributed by atoms with Crippen molar-refractivity contribution in [1.82, 2.24) is 5.32 Å². The lowest BCUT2D eigenvalue weighted by Crippen LogP contribution is -2.28. The number of hydrogen-bond acceptors (Lipinski definition) is 2. The third-order valence-corrected chi connectivity index (χ3v) is 2.21. The molecule has 0 bridgehead atoms. The summed E-state index contributed by atoms with van der Waals surface area (Å²) in [4.78, 5) is 10.8. The Bertz CT molecular complexity index is 128. The second-order valence-electron chi connectivity index (χ2n) is 3.13. The van der Waals surface area contributed by atoms with E-state index in [0.717, 1.165) is 38.8 Å². The third-order valence-electron chi connectivity index (χ3n) is 2.21. The Kier molecular flexibility index (Phi) is 3.36. The Labute approximate surface area is 67.3 Å². The van der Waals surface area contributed by atoms with Crippen LogP contribution in [0.1, 0.15) is 25.7 Å². The summed E-state index contributed by atoms with van der Waals surface area (Å²) < 4.78 is 0. The highest BCUT2D eigenvalue weighted by Crippen LogP contribution is 2.13. The van der Waals surface area contributed by atoms with Crippen molar-refractivity contribution in [3.8, 4) is 0 Å². The van der Waals surface area contributed by atoms with Gasteiger partial charge in [-0.15, -0.1) is 0 Å². The van der Waals surface area contributed by atoms with E-state index in [2.05, 4.69) is 5.32 Å². The van der Waals surface area contributed by atoms with E-state index in [9.17, 15) is 4.79 Å². The summed E-state index contributed by atoms with van der Waals surface area (Å²) >= 11 is 0. The summed E-state index contributed by atoms with van der Waals surface area (Å²) in [6.07, 6.45) is 4.08. The highest BCUT2D eigenvalue weighted by Gasteiger charge is 2.15. The van der Waals surface area contributed by atoms with Crippen molar-refractivity contribution in [3.63, 3.8) is 0 Å². The molecule has 0 radical (unpaired) electrons. The molecule has 1 aliphatic rings. The number of primary amides is 1. The zero-order chi connectivity index (χ0) is 8.10. The van der Waals surface area contributed by atoms with Gasteiger partial charge in [0.2, 0.25) is 5.91 Å². The molecule has 0 spiro atoms. The van der Waals surface area contributed by atoms with Crippen LogP contribution >= 0.6 is 0 Å². The van der Waals surface area contributed by atoms with Gasteiger partial charge in [-0.2, -0.15) is 0 Å². The monoisotopic (exact) mass is 156 g/mol. The van der Waals surface area contributed by atoms with Crippen LogP contribution in [0.4, 0.5) is 0 Å². The van der Waals surface area contributed by atoms with Gasteiger partial charge in [0.05, 0.1) is 0 Å². The Hall–Kier alpha value is -0.570. The van der Waals surface area contributed by atoms with Crippen LogP contribution in [0.15, 0.2) is 0 Å². The molecule has 64 valence electrons. The van der Waals surface area contributed by atoms with Gasteiger partial charge in [0.15, 0.2) is 0 Å². The Morgan fingerprint density at radius 1 is 1.27 bits per heavy atom. The van der Waals surface area contributed by atoms with E-state index < -0.39 is 0 Å². The molecule has 0 unspecified atom stereocenters. The van der Waals surface area contributed by atoms with Crippen LogP contribution in [0, 0.1) is 5.92 Å². The number of carbonyl (C=O) groups excluding carboxylic acids is 1. The van der Waals surface area contributed by atoms with E-state index in [1.54, 1.807) is 0 Å². The van der Waals surface area contributed by atoms with Crippen molar-refractivity contribution in [2.75, 3.05) is 13.1 Å². The van der Waals surface area contributed by atoms with Gasteiger partial charge in [-0.3, -0.25) is 4.79 Å². The van der Waals surface area contributed by atoms with Gasteiger partial charge in [0.25, 0.3) is 0 Å². The predicted octanol–water partition coefficient (Wildman–Crippen LogP) is 0.251. The van der Waals surface area contributed by atoms with E-state index in [4.69, 9.17) is 5.73 Å². The maximum absolute atomic E-state index is 10.8. The number of nitrogens with one attached hydrogen (secondary N) is 1. The zero-order valence-corrected chi connectivity index (χ0v) is 6.81. The van der Waals surface area contributed by atoms with E-state index in [0.29, 0.717) is 0 Å². The fourth-order valence-electron chi connectivity index (χ4n) is 1.50. The number of carbonyl (C=O) groups is 1. The van der Waals surface area contributed by atoms with Gasteiger partial charge in [-0.1, -0.05) is 0 Å². The van der Waals surface area contributed by atoms with Gasteiger partial charge < -0.3 is 11.1 Å². The van der Waals surface area contributed by atoms with Crippen LogP contribution in [0.3, 0.4) is 0 Å². The van der Waals surface area contributed by atoms with Gasteiger partial charge >= 0.3 is 0 Å². The molecule has 3 heteroatoms. The molecule has 1 fully saturated rings. The normalized spacial score (nSPS) is 22.2. The van der Waals surface area contributed by atoms with Crippen LogP contribution in [0.25, 0.3) is 0 Å². The topological polar surface area (TPSA) is 55.1 Å². The molecule has 11 heavy (non-hydrogen) atoms. The molecule has 0 atom stereocenters. The summed E-state index contributed by atoms with van der Waals surface area (Å²) in [6.45, 7) is 2.06. The average Bonchev–Trinajstić information content (AvgIpc) is 1.84.